The summed E-state index contributed by atoms with van der Waals surface area (Å²) in [7, 11) is 1.68. The van der Waals surface area contributed by atoms with Gasteiger partial charge in [-0.25, -0.2) is 4.39 Å². The van der Waals surface area contributed by atoms with E-state index in [1.165, 1.54) is 18.4 Å². The van der Waals surface area contributed by atoms with Gasteiger partial charge >= 0.3 is 0 Å². The second kappa shape index (κ2) is 6.96. The molecule has 5 heteroatoms. The lowest BCUT2D eigenvalue weighted by Gasteiger charge is -2.32. The van der Waals surface area contributed by atoms with Gasteiger partial charge in [-0.3, -0.25) is 4.79 Å². The van der Waals surface area contributed by atoms with Crippen LogP contribution in [0.15, 0.2) is 41.0 Å². The van der Waals surface area contributed by atoms with E-state index in [-0.39, 0.29) is 11.7 Å². The van der Waals surface area contributed by atoms with Crippen molar-refractivity contribution in [1.29, 1.82) is 0 Å². The molecule has 2 heterocycles. The molecular formula is C18H20FNO3. The number of halogens is 1. The molecule has 1 aromatic carbocycles. The van der Waals surface area contributed by atoms with Crippen molar-refractivity contribution in [3.8, 4) is 11.1 Å². The number of methoxy groups -OCH3 is 1. The number of piperidine rings is 1. The van der Waals surface area contributed by atoms with Gasteiger partial charge in [-0.05, 0) is 42.5 Å². The van der Waals surface area contributed by atoms with Crippen molar-refractivity contribution in [2.24, 2.45) is 5.92 Å². The predicted molar refractivity (Wildman–Crippen MR) is 84.6 cm³/mol. The first-order valence-electron chi connectivity index (χ1n) is 7.80. The van der Waals surface area contributed by atoms with Gasteiger partial charge in [0.2, 0.25) is 0 Å². The lowest BCUT2D eigenvalue weighted by Crippen LogP contribution is -2.41. The maximum atomic E-state index is 13.1. The third-order valence-corrected chi connectivity index (χ3v) is 4.22. The van der Waals surface area contributed by atoms with Crippen LogP contribution in [0.3, 0.4) is 0 Å². The van der Waals surface area contributed by atoms with E-state index in [0.29, 0.717) is 30.4 Å². The van der Waals surface area contributed by atoms with Crippen molar-refractivity contribution >= 4 is 5.91 Å². The van der Waals surface area contributed by atoms with Crippen LogP contribution in [0.4, 0.5) is 4.39 Å². The Bertz CT molecular complexity index is 663. The fourth-order valence-electron chi connectivity index (χ4n) is 3.10. The first-order chi connectivity index (χ1) is 11.2. The average molecular weight is 317 g/mol. The van der Waals surface area contributed by atoms with Crippen molar-refractivity contribution in [2.45, 2.75) is 12.8 Å². The van der Waals surface area contributed by atoms with E-state index in [4.69, 9.17) is 9.15 Å². The Morgan fingerprint density at radius 3 is 2.87 bits per heavy atom. The number of carbonyl (C=O) groups is 1. The molecule has 1 aliphatic heterocycles. The topological polar surface area (TPSA) is 42.7 Å². The molecule has 0 saturated carbocycles. The van der Waals surface area contributed by atoms with E-state index in [1.54, 1.807) is 25.3 Å². The molecule has 1 unspecified atom stereocenters. The van der Waals surface area contributed by atoms with Crippen LogP contribution in [0.1, 0.15) is 23.4 Å². The van der Waals surface area contributed by atoms with Crippen LogP contribution in [0.25, 0.3) is 11.1 Å². The van der Waals surface area contributed by atoms with Gasteiger partial charge in [-0.15, -0.1) is 0 Å². The summed E-state index contributed by atoms with van der Waals surface area (Å²) in [5.74, 6) is 0.260. The average Bonchev–Trinajstić information content (AvgIpc) is 3.05. The van der Waals surface area contributed by atoms with Crippen LogP contribution in [-0.2, 0) is 4.74 Å². The second-order valence-electron chi connectivity index (χ2n) is 5.89. The van der Waals surface area contributed by atoms with Gasteiger partial charge in [0.15, 0.2) is 5.76 Å². The summed E-state index contributed by atoms with van der Waals surface area (Å²) in [5, 5.41) is 0. The zero-order chi connectivity index (χ0) is 16.2. The molecule has 0 bridgehead atoms. The molecule has 1 amide bonds. The van der Waals surface area contributed by atoms with E-state index < -0.39 is 0 Å². The molecule has 122 valence electrons. The highest BCUT2D eigenvalue weighted by Gasteiger charge is 2.28. The van der Waals surface area contributed by atoms with Crippen LogP contribution in [0.2, 0.25) is 0 Å². The maximum absolute atomic E-state index is 13.1. The number of rotatable bonds is 4. The van der Waals surface area contributed by atoms with Gasteiger partial charge in [0.05, 0.1) is 12.9 Å². The summed E-state index contributed by atoms with van der Waals surface area (Å²) >= 11 is 0. The van der Waals surface area contributed by atoms with E-state index in [9.17, 15) is 9.18 Å². The molecule has 1 atom stereocenters. The first kappa shape index (κ1) is 15.7. The van der Waals surface area contributed by atoms with Gasteiger partial charge < -0.3 is 14.1 Å². The SMILES string of the molecule is COCC1CCCN(C(=O)c2occc2-c2ccc(F)cc2)C1. The van der Waals surface area contributed by atoms with Crippen molar-refractivity contribution in [3.05, 3.63) is 48.2 Å². The minimum absolute atomic E-state index is 0.116. The molecule has 3 rings (SSSR count). The fourth-order valence-corrected chi connectivity index (χ4v) is 3.10. The number of nitrogens with zero attached hydrogens (tertiary/aromatic N) is 1. The van der Waals surface area contributed by atoms with Gasteiger partial charge in [-0.2, -0.15) is 0 Å². The Kier molecular flexibility index (Phi) is 4.76. The molecule has 4 nitrogen and oxygen atoms in total. The standard InChI is InChI=1S/C18H20FNO3/c1-22-12-13-3-2-9-20(11-13)18(21)17-16(8-10-23-17)14-4-6-15(19)7-5-14/h4-8,10,13H,2-3,9,11-12H2,1H3. The Balaban J connectivity index is 1.80. The quantitative estimate of drug-likeness (QED) is 0.865. The van der Waals surface area contributed by atoms with Crippen LogP contribution < -0.4 is 0 Å². The van der Waals surface area contributed by atoms with Gasteiger partial charge in [0.1, 0.15) is 5.82 Å². The molecule has 1 saturated heterocycles. The minimum Gasteiger partial charge on any atom is -0.459 e. The zero-order valence-corrected chi connectivity index (χ0v) is 13.1. The molecule has 1 aliphatic rings. The van der Waals surface area contributed by atoms with Crippen LogP contribution in [-0.4, -0.2) is 37.6 Å². The number of hydrogen-bond acceptors (Lipinski definition) is 3. The summed E-state index contributed by atoms with van der Waals surface area (Å²) < 4.78 is 23.7. The second-order valence-corrected chi connectivity index (χ2v) is 5.89. The highest BCUT2D eigenvalue weighted by molar-refractivity contribution is 5.98. The number of amides is 1. The lowest BCUT2D eigenvalue weighted by molar-refractivity contribution is 0.0544. The first-order valence-corrected chi connectivity index (χ1v) is 7.80. The van der Waals surface area contributed by atoms with Crippen molar-refractivity contribution in [2.75, 3.05) is 26.8 Å². The Labute approximate surface area is 134 Å². The van der Waals surface area contributed by atoms with E-state index in [2.05, 4.69) is 0 Å². The Hall–Kier alpha value is -2.14. The van der Waals surface area contributed by atoms with Crippen LogP contribution in [0, 0.1) is 11.7 Å². The highest BCUT2D eigenvalue weighted by atomic mass is 19.1. The highest BCUT2D eigenvalue weighted by Crippen LogP contribution is 2.28. The van der Waals surface area contributed by atoms with Gasteiger partial charge in [0, 0.05) is 25.8 Å². The number of ether oxygens (including phenoxy) is 1. The lowest BCUT2D eigenvalue weighted by atomic mass is 9.98. The smallest absolute Gasteiger partial charge is 0.290 e. The number of hydrogen-bond donors (Lipinski definition) is 0. The minimum atomic E-state index is -0.302. The molecule has 0 spiro atoms. The van der Waals surface area contributed by atoms with E-state index in [0.717, 1.165) is 24.9 Å². The molecular weight excluding hydrogens is 297 g/mol. The number of benzene rings is 1. The Morgan fingerprint density at radius 2 is 2.13 bits per heavy atom. The summed E-state index contributed by atoms with van der Waals surface area (Å²) in [5.41, 5.74) is 1.47. The monoisotopic (exact) mass is 317 g/mol. The number of likely N-dealkylation sites (tertiary alicyclic amines) is 1. The third-order valence-electron chi connectivity index (χ3n) is 4.22. The van der Waals surface area contributed by atoms with E-state index in [1.807, 2.05) is 4.90 Å². The van der Waals surface area contributed by atoms with Crippen LogP contribution in [0.5, 0.6) is 0 Å². The summed E-state index contributed by atoms with van der Waals surface area (Å²) in [4.78, 5) is 14.6. The Morgan fingerprint density at radius 1 is 1.35 bits per heavy atom. The molecule has 0 radical (unpaired) electrons. The number of furan rings is 1. The van der Waals surface area contributed by atoms with Gasteiger partial charge in [0.25, 0.3) is 5.91 Å². The molecule has 2 aromatic rings. The van der Waals surface area contributed by atoms with Crippen molar-refractivity contribution < 1.29 is 18.3 Å². The van der Waals surface area contributed by atoms with Crippen molar-refractivity contribution in [3.63, 3.8) is 0 Å². The zero-order valence-electron chi connectivity index (χ0n) is 13.1. The molecule has 23 heavy (non-hydrogen) atoms. The maximum Gasteiger partial charge on any atom is 0.290 e. The third kappa shape index (κ3) is 3.45. The molecule has 1 aromatic heterocycles. The summed E-state index contributed by atoms with van der Waals surface area (Å²) in [6.45, 7) is 2.06. The molecule has 0 aliphatic carbocycles. The largest absolute Gasteiger partial charge is 0.459 e. The van der Waals surface area contributed by atoms with Crippen LogP contribution >= 0.6 is 0 Å². The fraction of sp³-hybridized carbons (Fsp3) is 0.389. The number of carbonyl (C=O) groups excluding carboxylic acids is 1. The van der Waals surface area contributed by atoms with Gasteiger partial charge in [-0.1, -0.05) is 12.1 Å². The van der Waals surface area contributed by atoms with Crippen molar-refractivity contribution in [1.82, 2.24) is 4.90 Å². The summed E-state index contributed by atoms with van der Waals surface area (Å²) in [6, 6.07) is 7.82. The summed E-state index contributed by atoms with van der Waals surface area (Å²) in [6.07, 6.45) is 3.54. The molecule has 1 fully saturated rings. The van der Waals surface area contributed by atoms with E-state index >= 15 is 0 Å². The normalized spacial score (nSPS) is 18.2. The molecule has 0 N–H and O–H groups in total. The predicted octanol–water partition coefficient (Wildman–Crippen LogP) is 3.58.